The van der Waals surface area contributed by atoms with Gasteiger partial charge in [-0.05, 0) is 79.2 Å². The van der Waals surface area contributed by atoms with E-state index in [2.05, 4.69) is 44.9 Å². The Hall–Kier alpha value is -5.30. The number of rotatable bonds is 10. The molecule has 4 aromatic rings. The second-order valence-corrected chi connectivity index (χ2v) is 15.8. The van der Waals surface area contributed by atoms with E-state index in [4.69, 9.17) is 15.5 Å². The van der Waals surface area contributed by atoms with Crippen LogP contribution in [0.1, 0.15) is 86.9 Å². The molecule has 2 saturated heterocycles. The smallest absolute Gasteiger partial charge is 0.407 e. The van der Waals surface area contributed by atoms with Crippen LogP contribution in [-0.4, -0.2) is 93.4 Å². The van der Waals surface area contributed by atoms with Crippen molar-refractivity contribution in [1.29, 1.82) is 0 Å². The zero-order chi connectivity index (χ0) is 39.0. The van der Waals surface area contributed by atoms with Crippen LogP contribution in [0.2, 0.25) is 0 Å². The lowest BCUT2D eigenvalue weighted by molar-refractivity contribution is -0.135. The van der Waals surface area contributed by atoms with Crippen LogP contribution >= 0.6 is 0 Å². The van der Waals surface area contributed by atoms with Crippen molar-refractivity contribution in [2.75, 3.05) is 26.7 Å². The van der Waals surface area contributed by atoms with Crippen molar-refractivity contribution < 1.29 is 23.9 Å². The van der Waals surface area contributed by atoms with Crippen LogP contribution in [0.25, 0.3) is 33.3 Å². The maximum Gasteiger partial charge on any atom is 0.407 e. The van der Waals surface area contributed by atoms with Gasteiger partial charge in [-0.15, -0.1) is 0 Å². The molecule has 4 atom stereocenters. The van der Waals surface area contributed by atoms with Gasteiger partial charge in [-0.1, -0.05) is 58.0 Å². The number of likely N-dealkylation sites (tertiary alicyclic amines) is 2. The van der Waals surface area contributed by atoms with Crippen molar-refractivity contribution >= 4 is 34.7 Å². The van der Waals surface area contributed by atoms with Gasteiger partial charge in [0.25, 0.3) is 5.91 Å². The second-order valence-electron chi connectivity index (χ2n) is 15.8. The number of alkyl carbamates (subject to hydrolysis) is 1. The molecule has 290 valence electrons. The third-order valence-electron chi connectivity index (χ3n) is 11.5. The number of imidazole rings is 1. The number of pyridine rings is 1. The normalized spacial score (nSPS) is 19.0. The maximum atomic E-state index is 13.7. The van der Waals surface area contributed by atoms with Gasteiger partial charge in [0.2, 0.25) is 11.8 Å². The molecular weight excluding hydrogens is 697 g/mol. The number of aromatic nitrogens is 3. The fourth-order valence-corrected chi connectivity index (χ4v) is 8.21. The SMILES string of the molecule is COC(=O)N[C@H](C(=O)N1CCC[C@H]1c1nc2c([nH]1)CCc1cc(-c3ccc4cc(C(=O)NC[C@@H]5CCCN5C(=O)[C@@H](N)C(C)C)cnc4c3)ccc1-2)C(C)C. The molecule has 13 nitrogen and oxygen atoms in total. The van der Waals surface area contributed by atoms with Gasteiger partial charge >= 0.3 is 6.09 Å². The van der Waals surface area contributed by atoms with Crippen LogP contribution in [0, 0.1) is 11.8 Å². The van der Waals surface area contributed by atoms with Crippen molar-refractivity contribution in [2.45, 2.75) is 90.4 Å². The van der Waals surface area contributed by atoms with Gasteiger partial charge in [-0.2, -0.15) is 0 Å². The molecular formula is C42H52N8O5. The molecule has 1 aliphatic carbocycles. The minimum absolute atomic E-state index is 0.0527. The van der Waals surface area contributed by atoms with Crippen LogP contribution in [0.4, 0.5) is 4.79 Å². The van der Waals surface area contributed by atoms with Gasteiger partial charge in [0, 0.05) is 48.5 Å². The van der Waals surface area contributed by atoms with Gasteiger partial charge in [0.05, 0.1) is 36.0 Å². The Morgan fingerprint density at radius 1 is 0.927 bits per heavy atom. The summed E-state index contributed by atoms with van der Waals surface area (Å²) >= 11 is 0. The zero-order valence-corrected chi connectivity index (χ0v) is 32.4. The molecule has 2 aromatic carbocycles. The van der Waals surface area contributed by atoms with E-state index in [1.165, 1.54) is 12.7 Å². The summed E-state index contributed by atoms with van der Waals surface area (Å²) in [6, 6.07) is 12.9. The molecule has 0 bridgehead atoms. The first-order valence-electron chi connectivity index (χ1n) is 19.5. The van der Waals surface area contributed by atoms with Gasteiger partial charge in [-0.25, -0.2) is 9.78 Å². The quantitative estimate of drug-likeness (QED) is 0.173. The lowest BCUT2D eigenvalue weighted by Gasteiger charge is -2.30. The van der Waals surface area contributed by atoms with Gasteiger partial charge in [-0.3, -0.25) is 19.4 Å². The first-order chi connectivity index (χ1) is 26.4. The number of H-pyrrole nitrogens is 1. The summed E-state index contributed by atoms with van der Waals surface area (Å²) in [4.78, 5) is 68.7. The number of nitrogens with zero attached hydrogens (tertiary/aromatic N) is 4. The first-order valence-corrected chi connectivity index (χ1v) is 19.5. The van der Waals surface area contributed by atoms with E-state index < -0.39 is 18.2 Å². The molecule has 4 amide bonds. The Balaban J connectivity index is 1.04. The van der Waals surface area contributed by atoms with E-state index in [-0.39, 0.29) is 41.6 Å². The van der Waals surface area contributed by atoms with E-state index in [9.17, 15) is 19.2 Å². The van der Waals surface area contributed by atoms with Crippen molar-refractivity contribution in [3.8, 4) is 22.4 Å². The number of ether oxygens (including phenoxy) is 1. The standard InChI is InChI=1S/C42H52N8O5/c1-23(2)35(43)40(52)49-16-6-8-30(49)22-45-39(51)29-19-28-11-10-26(20-33(28)44-21-29)25-12-14-31-27(18-25)13-15-32-37(31)47-38(46-32)34-9-7-17-50(34)41(53)36(24(3)4)48-42(54)55-5/h10-12,14,18-21,23-24,30,34-36H,6-9,13,15-17,22,43H2,1-5H3,(H,45,51)(H,46,47)(H,48,54)/t30-,34-,35-,36-/m0/s1. The van der Waals surface area contributed by atoms with E-state index in [1.807, 2.05) is 55.7 Å². The number of fused-ring (bicyclic) bond motifs is 4. The highest BCUT2D eigenvalue weighted by atomic mass is 16.5. The number of hydrogen-bond donors (Lipinski definition) is 4. The Kier molecular flexibility index (Phi) is 10.9. The lowest BCUT2D eigenvalue weighted by Crippen LogP contribution is -2.51. The average Bonchev–Trinajstić information content (AvgIpc) is 3.97. The zero-order valence-electron chi connectivity index (χ0n) is 32.4. The number of benzene rings is 2. The highest BCUT2D eigenvalue weighted by molar-refractivity contribution is 5.98. The fourth-order valence-electron chi connectivity index (χ4n) is 8.21. The number of amides is 4. The summed E-state index contributed by atoms with van der Waals surface area (Å²) in [5.74, 6) is 0.335. The Labute approximate surface area is 321 Å². The van der Waals surface area contributed by atoms with Crippen LogP contribution in [0.5, 0.6) is 0 Å². The monoisotopic (exact) mass is 748 g/mol. The molecule has 3 aliphatic rings. The highest BCUT2D eigenvalue weighted by Crippen LogP contribution is 2.39. The highest BCUT2D eigenvalue weighted by Gasteiger charge is 2.38. The Bertz CT molecular complexity index is 2110. The fraction of sp³-hybridized carbons (Fsp3) is 0.476. The molecule has 55 heavy (non-hydrogen) atoms. The topological polar surface area (TPSA) is 176 Å². The van der Waals surface area contributed by atoms with Crippen LogP contribution < -0.4 is 16.4 Å². The van der Waals surface area contributed by atoms with E-state index >= 15 is 0 Å². The van der Waals surface area contributed by atoms with Gasteiger partial charge in [0.15, 0.2) is 0 Å². The third kappa shape index (κ3) is 7.67. The molecule has 2 fully saturated rings. The molecule has 13 heteroatoms. The van der Waals surface area contributed by atoms with Crippen molar-refractivity contribution in [3.05, 3.63) is 71.3 Å². The Morgan fingerprint density at radius 2 is 1.67 bits per heavy atom. The third-order valence-corrected chi connectivity index (χ3v) is 11.5. The number of carbonyl (C=O) groups is 4. The molecule has 5 N–H and O–H groups in total. The maximum absolute atomic E-state index is 13.7. The van der Waals surface area contributed by atoms with Gasteiger partial charge < -0.3 is 35.9 Å². The van der Waals surface area contributed by atoms with Crippen LogP contribution in [-0.2, 0) is 27.2 Å². The number of carbonyl (C=O) groups excluding carboxylic acids is 4. The number of nitrogens with one attached hydrogen (secondary N) is 3. The molecule has 0 radical (unpaired) electrons. The van der Waals surface area contributed by atoms with Crippen LogP contribution in [0.15, 0.2) is 48.7 Å². The van der Waals surface area contributed by atoms with Crippen molar-refractivity contribution in [2.24, 2.45) is 17.6 Å². The van der Waals surface area contributed by atoms with E-state index in [0.717, 1.165) is 83.3 Å². The minimum Gasteiger partial charge on any atom is -0.453 e. The summed E-state index contributed by atoms with van der Waals surface area (Å²) in [6.45, 7) is 9.35. The number of hydrogen-bond acceptors (Lipinski definition) is 8. The van der Waals surface area contributed by atoms with E-state index in [1.54, 1.807) is 6.20 Å². The predicted octanol–water partition coefficient (Wildman–Crippen LogP) is 5.14. The summed E-state index contributed by atoms with van der Waals surface area (Å²) in [6.07, 6.45) is 6.03. The number of aryl methyl sites for hydroxylation is 2. The summed E-state index contributed by atoms with van der Waals surface area (Å²) < 4.78 is 4.78. The molecule has 7 rings (SSSR count). The van der Waals surface area contributed by atoms with Gasteiger partial charge in [0.1, 0.15) is 11.9 Å². The molecule has 2 aliphatic heterocycles. The predicted molar refractivity (Wildman–Crippen MR) is 210 cm³/mol. The summed E-state index contributed by atoms with van der Waals surface area (Å²) in [5, 5.41) is 6.60. The first kappa shape index (κ1) is 38.0. The number of nitrogens with two attached hydrogens (primary N) is 1. The van der Waals surface area contributed by atoms with Crippen LogP contribution in [0.3, 0.4) is 0 Å². The number of methoxy groups -OCH3 is 1. The second kappa shape index (κ2) is 15.8. The molecule has 4 heterocycles. The molecule has 2 aromatic heterocycles. The Morgan fingerprint density at radius 3 is 2.44 bits per heavy atom. The van der Waals surface area contributed by atoms with Crippen molar-refractivity contribution in [1.82, 2.24) is 35.4 Å². The van der Waals surface area contributed by atoms with E-state index in [0.29, 0.717) is 25.2 Å². The average molecular weight is 749 g/mol. The summed E-state index contributed by atoms with van der Waals surface area (Å²) in [7, 11) is 1.30. The molecule has 0 spiro atoms. The molecule has 0 unspecified atom stereocenters. The lowest BCUT2D eigenvalue weighted by atomic mass is 9.89. The minimum atomic E-state index is -0.684. The van der Waals surface area contributed by atoms with Crippen molar-refractivity contribution in [3.63, 3.8) is 0 Å². The largest absolute Gasteiger partial charge is 0.453 e. The summed E-state index contributed by atoms with van der Waals surface area (Å²) in [5.41, 5.74) is 13.8. The molecule has 0 saturated carbocycles. The number of aromatic amines is 1.